The highest BCUT2D eigenvalue weighted by molar-refractivity contribution is 7.91. The number of benzene rings is 2. The molecule has 2 heterocycles. The normalized spacial score (nSPS) is 13.4. The third kappa shape index (κ3) is 8.44. The number of carbonyl (C=O) groups is 4. The maximum atomic E-state index is 13.0. The zero-order valence-electron chi connectivity index (χ0n) is 25.8. The average Bonchev–Trinajstić information content (AvgIpc) is 3.47. The lowest BCUT2D eigenvalue weighted by atomic mass is 9.92. The quantitative estimate of drug-likeness (QED) is 0.0842. The van der Waals surface area contributed by atoms with Gasteiger partial charge in [0, 0.05) is 17.7 Å². The number of hydrogen-bond donors (Lipinski definition) is 7. The first-order valence-corrected chi connectivity index (χ1v) is 16.6. The van der Waals surface area contributed by atoms with Crippen LogP contribution in [0.15, 0.2) is 64.4 Å². The molecule has 2 unspecified atom stereocenters. The number of sulfone groups is 1. The van der Waals surface area contributed by atoms with Gasteiger partial charge in [0.1, 0.15) is 11.7 Å². The maximum Gasteiger partial charge on any atom is 0.335 e. The van der Waals surface area contributed by atoms with Crippen LogP contribution in [0.25, 0.3) is 11.0 Å². The standard InChI is InChI=1S/C32H35N5O10S/c1-17(23-16-34-26-25(23)28(39)37-32(33)36-26)18-6-8-19(9-7-18)27(38)35-24(31(44)45)15-21(30(42)43)5-3-2-4-14-48(46,47)22-12-10-20(11-13-22)29(40)41/h6-13,16-17,21,24H,2-5,14-15H2,1H3,(H,35,38)(H,40,41)(H,42,43)(H,44,45)(H4,33,34,36,37,39)/t17?,21?,24-/m0/s1. The van der Waals surface area contributed by atoms with Crippen LogP contribution >= 0.6 is 0 Å². The second kappa shape index (κ2) is 14.9. The van der Waals surface area contributed by atoms with Crippen molar-refractivity contribution in [3.8, 4) is 0 Å². The fraction of sp³-hybridized carbons (Fsp3) is 0.312. The first-order chi connectivity index (χ1) is 22.7. The molecule has 15 nitrogen and oxygen atoms in total. The van der Waals surface area contributed by atoms with Crippen molar-refractivity contribution in [1.82, 2.24) is 20.3 Å². The highest BCUT2D eigenvalue weighted by Gasteiger charge is 2.29. The van der Waals surface area contributed by atoms with Gasteiger partial charge < -0.3 is 31.4 Å². The summed E-state index contributed by atoms with van der Waals surface area (Å²) < 4.78 is 25.1. The molecule has 0 aliphatic carbocycles. The van der Waals surface area contributed by atoms with E-state index in [4.69, 9.17) is 10.8 Å². The van der Waals surface area contributed by atoms with Gasteiger partial charge in [0.2, 0.25) is 5.95 Å². The van der Waals surface area contributed by atoms with Crippen molar-refractivity contribution in [2.45, 2.75) is 55.9 Å². The number of nitrogens with one attached hydrogen (secondary N) is 3. The van der Waals surface area contributed by atoms with E-state index in [9.17, 15) is 42.6 Å². The summed E-state index contributed by atoms with van der Waals surface area (Å²) in [7, 11) is -3.68. The molecule has 0 aliphatic rings. The molecule has 4 aromatic rings. The fourth-order valence-electron chi connectivity index (χ4n) is 5.40. The largest absolute Gasteiger partial charge is 0.481 e. The summed E-state index contributed by atoms with van der Waals surface area (Å²) >= 11 is 0. The Balaban J connectivity index is 1.32. The summed E-state index contributed by atoms with van der Waals surface area (Å²) in [5.74, 6) is -6.18. The van der Waals surface area contributed by atoms with Crippen LogP contribution in [-0.4, -0.2) is 74.3 Å². The van der Waals surface area contributed by atoms with E-state index in [2.05, 4.69) is 20.3 Å². The lowest BCUT2D eigenvalue weighted by Crippen LogP contribution is -2.43. The molecule has 0 radical (unpaired) electrons. The van der Waals surface area contributed by atoms with Gasteiger partial charge in [-0.25, -0.2) is 18.0 Å². The molecule has 4 rings (SSSR count). The minimum absolute atomic E-state index is 0.0190. The van der Waals surface area contributed by atoms with E-state index in [-0.39, 0.29) is 52.9 Å². The number of carboxylic acids is 3. The van der Waals surface area contributed by atoms with Crippen LogP contribution in [0.1, 0.15) is 76.8 Å². The van der Waals surface area contributed by atoms with E-state index in [1.54, 1.807) is 18.3 Å². The van der Waals surface area contributed by atoms with Gasteiger partial charge in [-0.3, -0.25) is 19.4 Å². The van der Waals surface area contributed by atoms with Crippen LogP contribution in [0.5, 0.6) is 0 Å². The smallest absolute Gasteiger partial charge is 0.335 e. The minimum atomic E-state index is -3.68. The van der Waals surface area contributed by atoms with E-state index in [0.29, 0.717) is 29.4 Å². The monoisotopic (exact) mass is 681 g/mol. The molecule has 0 saturated heterocycles. The molecule has 0 spiro atoms. The van der Waals surface area contributed by atoms with Crippen molar-refractivity contribution in [3.63, 3.8) is 0 Å². The van der Waals surface area contributed by atoms with Gasteiger partial charge in [0.15, 0.2) is 9.84 Å². The molecule has 1 amide bonds. The Hall–Kier alpha value is -5.51. The van der Waals surface area contributed by atoms with Gasteiger partial charge in [-0.15, -0.1) is 0 Å². The Morgan fingerprint density at radius 3 is 2.17 bits per heavy atom. The van der Waals surface area contributed by atoms with Crippen LogP contribution in [-0.2, 0) is 19.4 Å². The number of aromatic nitrogens is 3. The van der Waals surface area contributed by atoms with E-state index in [1.807, 2.05) is 6.92 Å². The number of nitrogens with two attached hydrogens (primary N) is 1. The predicted octanol–water partition coefficient (Wildman–Crippen LogP) is 2.99. The molecule has 0 saturated carbocycles. The summed E-state index contributed by atoms with van der Waals surface area (Å²) in [6, 6.07) is 9.67. The molecule has 254 valence electrons. The minimum Gasteiger partial charge on any atom is -0.481 e. The Kier molecular flexibility index (Phi) is 11.0. The number of rotatable bonds is 16. The molecule has 48 heavy (non-hydrogen) atoms. The number of amides is 1. The second-order valence-electron chi connectivity index (χ2n) is 11.4. The number of carboxylic acid groups (broad SMARTS) is 3. The predicted molar refractivity (Wildman–Crippen MR) is 174 cm³/mol. The van der Waals surface area contributed by atoms with Crippen LogP contribution in [0.4, 0.5) is 5.95 Å². The van der Waals surface area contributed by atoms with Gasteiger partial charge in [0.05, 0.1) is 27.5 Å². The molecule has 0 aliphatic heterocycles. The molecule has 2 aromatic heterocycles. The van der Waals surface area contributed by atoms with E-state index in [1.165, 1.54) is 36.4 Å². The average molecular weight is 682 g/mol. The SMILES string of the molecule is CC(c1ccc(C(=O)N[C@@H](CC(CCCCCS(=O)(=O)c2ccc(C(=O)O)cc2)C(=O)O)C(=O)O)cc1)c1c[nH]c2nc(N)[nH]c(=O)c12. The van der Waals surface area contributed by atoms with Crippen molar-refractivity contribution >= 4 is 50.6 Å². The number of nitrogen functional groups attached to an aromatic ring is 1. The lowest BCUT2D eigenvalue weighted by Gasteiger charge is -2.19. The number of aliphatic carboxylic acids is 2. The Bertz CT molecular complexity index is 1990. The molecule has 3 atom stereocenters. The highest BCUT2D eigenvalue weighted by atomic mass is 32.2. The first kappa shape index (κ1) is 35.3. The number of nitrogens with zero attached hydrogens (tertiary/aromatic N) is 1. The van der Waals surface area contributed by atoms with Crippen molar-refractivity contribution in [2.75, 3.05) is 11.5 Å². The maximum absolute atomic E-state index is 13.0. The van der Waals surface area contributed by atoms with Crippen molar-refractivity contribution in [1.29, 1.82) is 0 Å². The van der Waals surface area contributed by atoms with Gasteiger partial charge in [-0.1, -0.05) is 31.9 Å². The summed E-state index contributed by atoms with van der Waals surface area (Å²) in [4.78, 5) is 69.8. The molecule has 2 aromatic carbocycles. The Labute approximate surface area is 274 Å². The molecule has 0 bridgehead atoms. The lowest BCUT2D eigenvalue weighted by molar-refractivity contribution is -0.144. The zero-order valence-corrected chi connectivity index (χ0v) is 26.6. The molecular formula is C32H35N5O10S. The van der Waals surface area contributed by atoms with Crippen LogP contribution in [0.3, 0.4) is 0 Å². The molecule has 0 fully saturated rings. The van der Waals surface area contributed by atoms with E-state index >= 15 is 0 Å². The second-order valence-corrected chi connectivity index (χ2v) is 13.5. The summed E-state index contributed by atoms with van der Waals surface area (Å²) in [6.07, 6.45) is 2.20. The first-order valence-electron chi connectivity index (χ1n) is 15.0. The summed E-state index contributed by atoms with van der Waals surface area (Å²) in [5.41, 5.74) is 7.08. The number of fused-ring (bicyclic) bond motifs is 1. The Morgan fingerprint density at radius 1 is 0.917 bits per heavy atom. The number of aromatic carboxylic acids is 1. The fourth-order valence-corrected chi connectivity index (χ4v) is 6.77. The van der Waals surface area contributed by atoms with Crippen LogP contribution < -0.4 is 16.6 Å². The summed E-state index contributed by atoms with van der Waals surface area (Å²) in [6.45, 7) is 1.86. The highest BCUT2D eigenvalue weighted by Crippen LogP contribution is 2.28. The van der Waals surface area contributed by atoms with Crippen LogP contribution in [0, 0.1) is 5.92 Å². The molecule has 8 N–H and O–H groups in total. The van der Waals surface area contributed by atoms with Gasteiger partial charge >= 0.3 is 17.9 Å². The van der Waals surface area contributed by atoms with Crippen molar-refractivity contribution in [3.05, 3.63) is 87.3 Å². The molecular weight excluding hydrogens is 646 g/mol. The zero-order chi connectivity index (χ0) is 35.2. The number of H-pyrrole nitrogens is 2. The van der Waals surface area contributed by atoms with Gasteiger partial charge in [0.25, 0.3) is 11.5 Å². The topological polar surface area (TPSA) is 263 Å². The number of anilines is 1. The number of hydrogen-bond acceptors (Lipinski definition) is 9. The van der Waals surface area contributed by atoms with E-state index < -0.39 is 51.2 Å². The number of aromatic amines is 2. The summed E-state index contributed by atoms with van der Waals surface area (Å²) in [5, 5.41) is 31.2. The van der Waals surface area contributed by atoms with Crippen molar-refractivity contribution < 1.29 is 42.9 Å². The third-order valence-electron chi connectivity index (χ3n) is 8.13. The van der Waals surface area contributed by atoms with Crippen LogP contribution in [0.2, 0.25) is 0 Å². The number of carbonyl (C=O) groups excluding carboxylic acids is 1. The number of unbranched alkanes of at least 4 members (excludes halogenated alkanes) is 2. The van der Waals surface area contributed by atoms with Gasteiger partial charge in [-0.05, 0) is 66.8 Å². The van der Waals surface area contributed by atoms with Crippen molar-refractivity contribution in [2.24, 2.45) is 5.92 Å². The van der Waals surface area contributed by atoms with E-state index in [0.717, 1.165) is 5.56 Å². The third-order valence-corrected chi connectivity index (χ3v) is 9.95. The molecule has 16 heteroatoms. The Morgan fingerprint density at radius 2 is 1.56 bits per heavy atom. The van der Waals surface area contributed by atoms with Gasteiger partial charge in [-0.2, -0.15) is 4.98 Å².